The highest BCUT2D eigenvalue weighted by molar-refractivity contribution is 7.90. The predicted octanol–water partition coefficient (Wildman–Crippen LogP) is 1.15. The van der Waals surface area contributed by atoms with Crippen LogP contribution in [0.3, 0.4) is 0 Å². The Hall–Kier alpha value is -1.11. The van der Waals surface area contributed by atoms with E-state index < -0.39 is 9.84 Å². The average Bonchev–Trinajstić information content (AvgIpc) is 2.43. The van der Waals surface area contributed by atoms with Crippen molar-refractivity contribution in [1.82, 2.24) is 10.2 Å². The molecule has 6 heteroatoms. The summed E-state index contributed by atoms with van der Waals surface area (Å²) in [5.74, 6) is 1.03. The minimum absolute atomic E-state index is 0.182. The minimum Gasteiger partial charge on any atom is -0.492 e. The Morgan fingerprint density at radius 2 is 2.05 bits per heavy atom. The lowest BCUT2D eigenvalue weighted by Gasteiger charge is -2.16. The summed E-state index contributed by atoms with van der Waals surface area (Å²) < 4.78 is 27.9. The molecule has 0 bridgehead atoms. The highest BCUT2D eigenvalue weighted by Crippen LogP contribution is 2.13. The van der Waals surface area contributed by atoms with E-state index in [2.05, 4.69) is 18.3 Å². The van der Waals surface area contributed by atoms with Crippen LogP contribution in [0.5, 0.6) is 5.75 Å². The Labute approximate surface area is 128 Å². The van der Waals surface area contributed by atoms with Gasteiger partial charge in [-0.1, -0.05) is 19.1 Å². The van der Waals surface area contributed by atoms with E-state index in [-0.39, 0.29) is 5.75 Å². The van der Waals surface area contributed by atoms with E-state index in [4.69, 9.17) is 4.74 Å². The molecule has 120 valence electrons. The second kappa shape index (κ2) is 9.02. The van der Waals surface area contributed by atoms with Crippen molar-refractivity contribution in [2.45, 2.75) is 13.5 Å². The van der Waals surface area contributed by atoms with E-state index in [1.165, 1.54) is 11.8 Å². The number of ether oxygens (including phenoxy) is 1. The number of sulfone groups is 1. The fourth-order valence-electron chi connectivity index (χ4n) is 1.77. The molecule has 0 saturated carbocycles. The molecule has 0 spiro atoms. The van der Waals surface area contributed by atoms with Crippen molar-refractivity contribution in [2.75, 3.05) is 45.3 Å². The summed E-state index contributed by atoms with van der Waals surface area (Å²) in [6, 6.07) is 8.01. The molecule has 0 amide bonds. The van der Waals surface area contributed by atoms with Crippen molar-refractivity contribution < 1.29 is 13.2 Å². The van der Waals surface area contributed by atoms with Gasteiger partial charge < -0.3 is 15.0 Å². The number of rotatable bonds is 10. The number of nitrogens with zero attached hydrogens (tertiary/aromatic N) is 1. The molecular weight excluding hydrogens is 288 g/mol. The van der Waals surface area contributed by atoms with Gasteiger partial charge in [0.15, 0.2) is 0 Å². The van der Waals surface area contributed by atoms with E-state index in [1.807, 2.05) is 30.1 Å². The number of nitrogens with one attached hydrogen (secondary N) is 1. The zero-order valence-electron chi connectivity index (χ0n) is 13.1. The molecule has 0 aliphatic carbocycles. The molecule has 0 saturated heterocycles. The number of hydrogen-bond donors (Lipinski definition) is 1. The van der Waals surface area contributed by atoms with Gasteiger partial charge in [-0.15, -0.1) is 0 Å². The van der Waals surface area contributed by atoms with Gasteiger partial charge in [-0.05, 0) is 31.3 Å². The Balaban J connectivity index is 2.31. The maximum atomic E-state index is 11.1. The summed E-state index contributed by atoms with van der Waals surface area (Å²) in [6.07, 6.45) is 1.26. The van der Waals surface area contributed by atoms with Crippen molar-refractivity contribution in [3.63, 3.8) is 0 Å². The van der Waals surface area contributed by atoms with E-state index >= 15 is 0 Å². The molecule has 0 atom stereocenters. The molecule has 0 heterocycles. The quantitative estimate of drug-likeness (QED) is 0.702. The topological polar surface area (TPSA) is 58.6 Å². The fourth-order valence-corrected chi connectivity index (χ4v) is 2.41. The average molecular weight is 314 g/mol. The number of hydrogen-bond acceptors (Lipinski definition) is 5. The van der Waals surface area contributed by atoms with Gasteiger partial charge in [0.2, 0.25) is 0 Å². The maximum Gasteiger partial charge on any atom is 0.148 e. The lowest BCUT2D eigenvalue weighted by molar-refractivity contribution is 0.244. The van der Waals surface area contributed by atoms with E-state index in [1.54, 1.807) is 0 Å². The van der Waals surface area contributed by atoms with E-state index in [0.29, 0.717) is 19.7 Å². The van der Waals surface area contributed by atoms with Gasteiger partial charge in [-0.25, -0.2) is 8.42 Å². The van der Waals surface area contributed by atoms with Crippen LogP contribution < -0.4 is 10.1 Å². The molecule has 0 aliphatic rings. The summed E-state index contributed by atoms with van der Waals surface area (Å²) in [5, 5.41) is 3.28. The molecule has 1 rings (SSSR count). The molecule has 1 aromatic carbocycles. The molecular formula is C15H26N2O3S. The molecule has 21 heavy (non-hydrogen) atoms. The van der Waals surface area contributed by atoms with Crippen LogP contribution in [0, 0.1) is 0 Å². The van der Waals surface area contributed by atoms with Gasteiger partial charge in [0.25, 0.3) is 0 Å². The van der Waals surface area contributed by atoms with Crippen LogP contribution in [0.15, 0.2) is 24.3 Å². The van der Waals surface area contributed by atoms with Crippen molar-refractivity contribution in [2.24, 2.45) is 0 Å². The summed E-state index contributed by atoms with van der Waals surface area (Å²) in [5.41, 5.74) is 1.19. The third-order valence-electron chi connectivity index (χ3n) is 3.06. The van der Waals surface area contributed by atoms with E-state index in [0.717, 1.165) is 18.8 Å². The number of likely N-dealkylation sites (N-methyl/N-ethyl adjacent to an activating group) is 1. The van der Waals surface area contributed by atoms with Crippen molar-refractivity contribution >= 4 is 9.84 Å². The third kappa shape index (κ3) is 8.70. The standard InChI is InChI=1S/C15H26N2O3S/c1-4-16-13-14-6-5-7-15(12-14)20-10-8-17(2)9-11-21(3,18)19/h5-7,12,16H,4,8-11,13H2,1-3H3. The highest BCUT2D eigenvalue weighted by Gasteiger charge is 2.05. The van der Waals surface area contributed by atoms with Gasteiger partial charge in [0, 0.05) is 25.9 Å². The normalized spacial score (nSPS) is 11.8. The molecule has 1 aromatic rings. The maximum absolute atomic E-state index is 11.1. The van der Waals surface area contributed by atoms with Gasteiger partial charge >= 0.3 is 0 Å². The summed E-state index contributed by atoms with van der Waals surface area (Å²) in [7, 11) is -1.00. The van der Waals surface area contributed by atoms with Crippen molar-refractivity contribution in [3.05, 3.63) is 29.8 Å². The van der Waals surface area contributed by atoms with Crippen LogP contribution in [0.25, 0.3) is 0 Å². The van der Waals surface area contributed by atoms with Crippen LogP contribution in [-0.2, 0) is 16.4 Å². The summed E-state index contributed by atoms with van der Waals surface area (Å²) in [4.78, 5) is 1.96. The second-order valence-corrected chi connectivity index (χ2v) is 7.47. The first-order valence-electron chi connectivity index (χ1n) is 7.19. The molecule has 0 aromatic heterocycles. The zero-order valence-corrected chi connectivity index (χ0v) is 13.9. The van der Waals surface area contributed by atoms with Gasteiger partial charge in [0.05, 0.1) is 5.75 Å². The fraction of sp³-hybridized carbons (Fsp3) is 0.600. The molecule has 0 radical (unpaired) electrons. The first-order chi connectivity index (χ1) is 9.90. The second-order valence-electron chi connectivity index (χ2n) is 5.21. The van der Waals surface area contributed by atoms with E-state index in [9.17, 15) is 8.42 Å². The molecule has 0 fully saturated rings. The Morgan fingerprint density at radius 3 is 2.71 bits per heavy atom. The largest absolute Gasteiger partial charge is 0.492 e. The first-order valence-corrected chi connectivity index (χ1v) is 9.25. The van der Waals surface area contributed by atoms with Crippen LogP contribution >= 0.6 is 0 Å². The van der Waals surface area contributed by atoms with Crippen molar-refractivity contribution in [1.29, 1.82) is 0 Å². The Morgan fingerprint density at radius 1 is 1.29 bits per heavy atom. The smallest absolute Gasteiger partial charge is 0.148 e. The summed E-state index contributed by atoms with van der Waals surface area (Å²) >= 11 is 0. The van der Waals surface area contributed by atoms with Crippen LogP contribution in [0.1, 0.15) is 12.5 Å². The zero-order chi connectivity index (χ0) is 15.7. The first kappa shape index (κ1) is 17.9. The minimum atomic E-state index is -2.90. The molecule has 0 aliphatic heterocycles. The monoisotopic (exact) mass is 314 g/mol. The summed E-state index contributed by atoms with van der Waals surface area (Å²) in [6.45, 7) is 5.63. The Kier molecular flexibility index (Phi) is 7.71. The molecule has 5 nitrogen and oxygen atoms in total. The molecule has 0 unspecified atom stereocenters. The molecule has 1 N–H and O–H groups in total. The predicted molar refractivity (Wildman–Crippen MR) is 86.5 cm³/mol. The van der Waals surface area contributed by atoms with Crippen molar-refractivity contribution in [3.8, 4) is 5.75 Å². The van der Waals surface area contributed by atoms with Crippen LogP contribution in [0.2, 0.25) is 0 Å². The van der Waals surface area contributed by atoms with Crippen LogP contribution in [0.4, 0.5) is 0 Å². The lowest BCUT2D eigenvalue weighted by Crippen LogP contribution is -2.29. The number of benzene rings is 1. The third-order valence-corrected chi connectivity index (χ3v) is 3.99. The van der Waals surface area contributed by atoms with Gasteiger partial charge in [-0.2, -0.15) is 0 Å². The highest BCUT2D eigenvalue weighted by atomic mass is 32.2. The van der Waals surface area contributed by atoms with Gasteiger partial charge in [0.1, 0.15) is 22.2 Å². The van der Waals surface area contributed by atoms with Gasteiger partial charge in [-0.3, -0.25) is 0 Å². The van der Waals surface area contributed by atoms with Crippen LogP contribution in [-0.4, -0.2) is 58.6 Å². The Bertz CT molecular complexity index is 517. The lowest BCUT2D eigenvalue weighted by atomic mass is 10.2. The SMILES string of the molecule is CCNCc1cccc(OCCN(C)CCS(C)(=O)=O)c1.